The fourth-order valence-corrected chi connectivity index (χ4v) is 5.48. The lowest BCUT2D eigenvalue weighted by atomic mass is 10.2. The first-order valence-electron chi connectivity index (χ1n) is 8.69. The van der Waals surface area contributed by atoms with E-state index < -0.39 is 0 Å². The second kappa shape index (κ2) is 5.99. The van der Waals surface area contributed by atoms with Crippen LogP contribution in [0.2, 0.25) is 0 Å². The Morgan fingerprint density at radius 3 is 2.83 bits per heavy atom. The molecule has 1 N–H and O–H groups in total. The van der Waals surface area contributed by atoms with Gasteiger partial charge in [0.2, 0.25) is 11.8 Å². The fourth-order valence-electron chi connectivity index (χ4n) is 4.04. The van der Waals surface area contributed by atoms with Crippen LogP contribution in [0.4, 0.5) is 11.4 Å². The largest absolute Gasteiger partial charge is 0.370 e. The number of carbonyl (C=O) groups excluding carboxylic acids is 2. The molecule has 0 unspecified atom stereocenters. The van der Waals surface area contributed by atoms with E-state index >= 15 is 0 Å². The van der Waals surface area contributed by atoms with Crippen molar-refractivity contribution in [1.82, 2.24) is 4.90 Å². The number of fused-ring (bicyclic) bond motifs is 1. The Morgan fingerprint density at radius 2 is 2.04 bits per heavy atom. The van der Waals surface area contributed by atoms with E-state index in [-0.39, 0.29) is 22.7 Å². The van der Waals surface area contributed by atoms with Gasteiger partial charge in [-0.3, -0.25) is 9.59 Å². The van der Waals surface area contributed by atoms with Crippen molar-refractivity contribution in [3.8, 4) is 0 Å². The lowest BCUT2D eigenvalue weighted by Crippen LogP contribution is -2.48. The van der Waals surface area contributed by atoms with Gasteiger partial charge in [-0.2, -0.15) is 0 Å². The molecule has 0 radical (unpaired) electrons. The minimum absolute atomic E-state index is 0.0619. The number of hydrogen-bond donors (Lipinski definition) is 1. The first-order chi connectivity index (χ1) is 11.6. The summed E-state index contributed by atoms with van der Waals surface area (Å²) in [5.74, 6) is 0.726. The molecule has 0 saturated carbocycles. The monoisotopic (exact) mass is 345 g/mol. The normalized spacial score (nSPS) is 29.2. The molecule has 3 fully saturated rings. The Balaban J connectivity index is 1.54. The molecule has 3 aliphatic rings. The molecule has 24 heavy (non-hydrogen) atoms. The molecule has 6 heteroatoms. The molecule has 0 bridgehead atoms. The molecule has 3 aliphatic heterocycles. The maximum absolute atomic E-state index is 12.9. The average Bonchev–Trinajstić information content (AvgIpc) is 3.26. The minimum atomic E-state index is -0.360. The van der Waals surface area contributed by atoms with Gasteiger partial charge < -0.3 is 15.1 Å². The van der Waals surface area contributed by atoms with Crippen LogP contribution in [0.1, 0.15) is 32.6 Å². The van der Waals surface area contributed by atoms with E-state index in [0.717, 1.165) is 30.9 Å². The van der Waals surface area contributed by atoms with Gasteiger partial charge in [-0.25, -0.2) is 0 Å². The van der Waals surface area contributed by atoms with Gasteiger partial charge >= 0.3 is 0 Å². The van der Waals surface area contributed by atoms with Crippen LogP contribution in [0.5, 0.6) is 0 Å². The number of nitrogens with one attached hydrogen (secondary N) is 1. The van der Waals surface area contributed by atoms with E-state index in [1.807, 2.05) is 23.1 Å². The number of hydrogen-bond acceptors (Lipinski definition) is 4. The Morgan fingerprint density at radius 1 is 1.29 bits per heavy atom. The molecule has 3 heterocycles. The molecule has 1 aromatic carbocycles. The summed E-state index contributed by atoms with van der Waals surface area (Å²) in [5, 5.41) is 3.09. The predicted molar refractivity (Wildman–Crippen MR) is 97.2 cm³/mol. The maximum atomic E-state index is 12.9. The average molecular weight is 345 g/mol. The van der Waals surface area contributed by atoms with E-state index in [0.29, 0.717) is 12.2 Å². The molecular weight excluding hydrogens is 322 g/mol. The standard InChI is InChI=1S/C18H23N3O2S/c1-18-9-8-16(22)21(18)15(12-24-18)17(23)19-13-6-2-3-7-14(13)20-10-4-5-11-20/h2-3,6-7,15H,4-5,8-12H2,1H3,(H,19,23)/t15-,18+/m1/s1. The van der Waals surface area contributed by atoms with Gasteiger partial charge in [-0.1, -0.05) is 12.1 Å². The van der Waals surface area contributed by atoms with Gasteiger partial charge in [-0.05, 0) is 38.3 Å². The summed E-state index contributed by atoms with van der Waals surface area (Å²) in [4.78, 5) is 29.0. The first kappa shape index (κ1) is 15.8. The van der Waals surface area contributed by atoms with E-state index in [2.05, 4.69) is 23.2 Å². The number of rotatable bonds is 3. The second-order valence-corrected chi connectivity index (χ2v) is 8.47. The summed E-state index contributed by atoms with van der Waals surface area (Å²) in [6, 6.07) is 7.62. The number of nitrogens with zero attached hydrogens (tertiary/aromatic N) is 2. The van der Waals surface area contributed by atoms with Crippen LogP contribution in [-0.4, -0.2) is 46.5 Å². The first-order valence-corrected chi connectivity index (χ1v) is 9.68. The molecule has 0 aromatic heterocycles. The zero-order valence-electron chi connectivity index (χ0n) is 14.0. The molecule has 2 amide bonds. The summed E-state index contributed by atoms with van der Waals surface area (Å²) in [6.45, 7) is 4.15. The molecule has 1 aromatic rings. The van der Waals surface area contributed by atoms with E-state index in [1.165, 1.54) is 12.8 Å². The number of anilines is 2. The van der Waals surface area contributed by atoms with Crippen molar-refractivity contribution < 1.29 is 9.59 Å². The number of amides is 2. The molecule has 0 spiro atoms. The van der Waals surface area contributed by atoms with Crippen molar-refractivity contribution in [3.63, 3.8) is 0 Å². The maximum Gasteiger partial charge on any atom is 0.248 e. The quantitative estimate of drug-likeness (QED) is 0.915. The zero-order chi connectivity index (χ0) is 16.7. The minimum Gasteiger partial charge on any atom is -0.370 e. The van der Waals surface area contributed by atoms with E-state index in [9.17, 15) is 9.59 Å². The molecule has 0 aliphatic carbocycles. The van der Waals surface area contributed by atoms with Crippen molar-refractivity contribution in [3.05, 3.63) is 24.3 Å². The van der Waals surface area contributed by atoms with Crippen LogP contribution in [0.15, 0.2) is 24.3 Å². The van der Waals surface area contributed by atoms with Crippen molar-refractivity contribution in [2.75, 3.05) is 29.1 Å². The smallest absolute Gasteiger partial charge is 0.248 e. The van der Waals surface area contributed by atoms with Gasteiger partial charge in [0.1, 0.15) is 6.04 Å². The highest BCUT2D eigenvalue weighted by atomic mass is 32.2. The highest BCUT2D eigenvalue weighted by Crippen LogP contribution is 2.47. The summed E-state index contributed by atoms with van der Waals surface area (Å²) in [7, 11) is 0. The lowest BCUT2D eigenvalue weighted by Gasteiger charge is -2.30. The van der Waals surface area contributed by atoms with Crippen molar-refractivity contribution in [1.29, 1.82) is 0 Å². The van der Waals surface area contributed by atoms with Crippen LogP contribution < -0.4 is 10.2 Å². The third-order valence-electron chi connectivity index (χ3n) is 5.36. The Labute approximate surface area is 146 Å². The van der Waals surface area contributed by atoms with Crippen LogP contribution in [0.25, 0.3) is 0 Å². The predicted octanol–water partition coefficient (Wildman–Crippen LogP) is 2.68. The van der Waals surface area contributed by atoms with Gasteiger partial charge in [0.05, 0.1) is 16.2 Å². The molecule has 2 atom stereocenters. The number of benzene rings is 1. The van der Waals surface area contributed by atoms with Crippen LogP contribution >= 0.6 is 11.8 Å². The molecular formula is C18H23N3O2S. The number of para-hydroxylation sites is 2. The third-order valence-corrected chi connectivity index (χ3v) is 6.86. The van der Waals surface area contributed by atoms with Gasteiger partial charge in [0, 0.05) is 25.3 Å². The molecule has 3 saturated heterocycles. The van der Waals surface area contributed by atoms with Crippen molar-refractivity contribution >= 4 is 35.0 Å². The third kappa shape index (κ3) is 2.57. The fraction of sp³-hybridized carbons (Fsp3) is 0.556. The van der Waals surface area contributed by atoms with Crippen LogP contribution in [-0.2, 0) is 9.59 Å². The van der Waals surface area contributed by atoms with Crippen LogP contribution in [0.3, 0.4) is 0 Å². The van der Waals surface area contributed by atoms with Crippen molar-refractivity contribution in [2.24, 2.45) is 0 Å². The number of thioether (sulfide) groups is 1. The highest BCUT2D eigenvalue weighted by molar-refractivity contribution is 8.01. The zero-order valence-corrected chi connectivity index (χ0v) is 14.8. The topological polar surface area (TPSA) is 52.7 Å². The van der Waals surface area contributed by atoms with E-state index in [1.54, 1.807) is 11.8 Å². The summed E-state index contributed by atoms with van der Waals surface area (Å²) in [6.07, 6.45) is 3.78. The van der Waals surface area contributed by atoms with E-state index in [4.69, 9.17) is 0 Å². The summed E-state index contributed by atoms with van der Waals surface area (Å²) in [5.41, 5.74) is 1.94. The molecule has 4 rings (SSSR count). The second-order valence-electron chi connectivity index (χ2n) is 6.97. The molecule has 128 valence electrons. The summed E-state index contributed by atoms with van der Waals surface area (Å²) < 4.78 is 0. The summed E-state index contributed by atoms with van der Waals surface area (Å²) >= 11 is 1.73. The van der Waals surface area contributed by atoms with Crippen LogP contribution in [0, 0.1) is 0 Å². The Hall–Kier alpha value is -1.69. The Kier molecular flexibility index (Phi) is 3.95. The number of carbonyl (C=O) groups is 2. The van der Waals surface area contributed by atoms with Crippen molar-refractivity contribution in [2.45, 2.75) is 43.5 Å². The SMILES string of the molecule is C[C@]12CCC(=O)N1[C@@H](C(=O)Nc1ccccc1N1CCCC1)CS2. The van der Waals surface area contributed by atoms with Gasteiger partial charge in [0.15, 0.2) is 0 Å². The van der Waals surface area contributed by atoms with Gasteiger partial charge in [-0.15, -0.1) is 11.8 Å². The van der Waals surface area contributed by atoms with Gasteiger partial charge in [0.25, 0.3) is 0 Å². The Bertz CT molecular complexity index is 674. The lowest BCUT2D eigenvalue weighted by molar-refractivity contribution is -0.135. The highest BCUT2D eigenvalue weighted by Gasteiger charge is 2.52. The molecule has 5 nitrogen and oxygen atoms in total.